The fourth-order valence-electron chi connectivity index (χ4n) is 2.76. The second kappa shape index (κ2) is 8.39. The van der Waals surface area contributed by atoms with Crippen LogP contribution in [0.3, 0.4) is 0 Å². The number of ether oxygens (including phenoxy) is 1. The molecule has 0 aromatic heterocycles. The molecule has 0 spiro atoms. The lowest BCUT2D eigenvalue weighted by molar-refractivity contribution is -0.128. The van der Waals surface area contributed by atoms with Crippen LogP contribution in [0.2, 0.25) is 0 Å². The molecule has 3 nitrogen and oxygen atoms in total. The monoisotopic (exact) mass is 353 g/mol. The van der Waals surface area contributed by atoms with Crippen LogP contribution in [-0.4, -0.2) is 12.0 Å². The van der Waals surface area contributed by atoms with Crippen molar-refractivity contribution in [3.8, 4) is 5.75 Å². The van der Waals surface area contributed by atoms with E-state index in [4.69, 9.17) is 4.74 Å². The highest BCUT2D eigenvalue weighted by molar-refractivity contribution is 5.81. The topological polar surface area (TPSA) is 38.3 Å². The molecule has 0 aliphatic carbocycles. The van der Waals surface area contributed by atoms with Crippen molar-refractivity contribution in [1.82, 2.24) is 5.32 Å². The summed E-state index contributed by atoms with van der Waals surface area (Å²) in [4.78, 5) is 12.6. The van der Waals surface area contributed by atoms with Crippen LogP contribution >= 0.6 is 0 Å². The number of rotatable bonds is 6. The van der Waals surface area contributed by atoms with Gasteiger partial charge in [-0.2, -0.15) is 0 Å². The third kappa shape index (κ3) is 5.35. The molecule has 2 aromatic carbocycles. The number of carbonyl (C=O) groups excluding carboxylic acids is 1. The van der Waals surface area contributed by atoms with Gasteiger partial charge in [-0.05, 0) is 48.9 Å². The van der Waals surface area contributed by atoms with Crippen molar-refractivity contribution in [3.05, 3.63) is 65.2 Å². The van der Waals surface area contributed by atoms with Crippen LogP contribution in [0.4, 0.5) is 0 Å². The van der Waals surface area contributed by atoms with Gasteiger partial charge in [0.05, 0.1) is 6.04 Å². The standard InChI is InChI=1S/C23H31NO2/c1-7-21(26-20-14-8-16(2)9-15-20)22(25)24-17(3)18-10-12-19(13-11-18)23(4,5)6/h8-15,17,21H,7H2,1-6H3,(H,24,25)/t17-,21+/m1/s1. The van der Waals surface area contributed by atoms with E-state index in [1.54, 1.807) is 0 Å². The van der Waals surface area contributed by atoms with Crippen LogP contribution in [0, 0.1) is 6.92 Å². The van der Waals surface area contributed by atoms with Crippen molar-refractivity contribution in [2.24, 2.45) is 0 Å². The molecule has 26 heavy (non-hydrogen) atoms. The van der Waals surface area contributed by atoms with Gasteiger partial charge in [-0.3, -0.25) is 4.79 Å². The first-order valence-corrected chi connectivity index (χ1v) is 9.35. The van der Waals surface area contributed by atoms with E-state index in [0.29, 0.717) is 6.42 Å². The molecule has 0 saturated heterocycles. The van der Waals surface area contributed by atoms with Crippen molar-refractivity contribution in [2.45, 2.75) is 65.5 Å². The highest BCUT2D eigenvalue weighted by Crippen LogP contribution is 2.24. The molecular formula is C23H31NO2. The zero-order chi connectivity index (χ0) is 19.3. The van der Waals surface area contributed by atoms with Gasteiger partial charge in [0.2, 0.25) is 0 Å². The quantitative estimate of drug-likeness (QED) is 0.762. The maximum atomic E-state index is 12.6. The second-order valence-electron chi connectivity index (χ2n) is 7.93. The van der Waals surface area contributed by atoms with E-state index < -0.39 is 6.10 Å². The van der Waals surface area contributed by atoms with Gasteiger partial charge in [-0.15, -0.1) is 0 Å². The summed E-state index contributed by atoms with van der Waals surface area (Å²) in [7, 11) is 0. The van der Waals surface area contributed by atoms with E-state index in [0.717, 1.165) is 11.3 Å². The number of aryl methyl sites for hydroxylation is 1. The van der Waals surface area contributed by atoms with Crippen LogP contribution in [0.5, 0.6) is 5.75 Å². The first-order chi connectivity index (χ1) is 12.2. The van der Waals surface area contributed by atoms with Gasteiger partial charge in [0, 0.05) is 0 Å². The molecule has 0 heterocycles. The molecule has 2 atom stereocenters. The fraction of sp³-hybridized carbons (Fsp3) is 0.435. The minimum atomic E-state index is -0.492. The van der Waals surface area contributed by atoms with Crippen molar-refractivity contribution < 1.29 is 9.53 Å². The molecule has 2 aromatic rings. The lowest BCUT2D eigenvalue weighted by Gasteiger charge is -2.22. The van der Waals surface area contributed by atoms with Crippen LogP contribution in [0.1, 0.15) is 63.8 Å². The summed E-state index contributed by atoms with van der Waals surface area (Å²) < 4.78 is 5.87. The Labute approximate surface area is 157 Å². The number of benzene rings is 2. The number of hydrogen-bond acceptors (Lipinski definition) is 2. The van der Waals surface area contributed by atoms with E-state index in [2.05, 4.69) is 50.4 Å². The summed E-state index contributed by atoms with van der Waals surface area (Å²) in [6.07, 6.45) is 0.129. The minimum Gasteiger partial charge on any atom is -0.481 e. The lowest BCUT2D eigenvalue weighted by atomic mass is 9.86. The van der Waals surface area contributed by atoms with E-state index in [1.165, 1.54) is 11.1 Å². The largest absolute Gasteiger partial charge is 0.481 e. The first-order valence-electron chi connectivity index (χ1n) is 9.35. The number of carbonyl (C=O) groups is 1. The molecule has 0 aliphatic heterocycles. The maximum Gasteiger partial charge on any atom is 0.261 e. The van der Waals surface area contributed by atoms with Gasteiger partial charge in [0.1, 0.15) is 5.75 Å². The molecule has 0 saturated carbocycles. The molecule has 1 amide bonds. The highest BCUT2D eigenvalue weighted by Gasteiger charge is 2.21. The van der Waals surface area contributed by atoms with Gasteiger partial charge < -0.3 is 10.1 Å². The second-order valence-corrected chi connectivity index (χ2v) is 7.93. The number of hydrogen-bond donors (Lipinski definition) is 1. The highest BCUT2D eigenvalue weighted by atomic mass is 16.5. The molecular weight excluding hydrogens is 322 g/mol. The van der Waals surface area contributed by atoms with Crippen molar-refractivity contribution in [3.63, 3.8) is 0 Å². The van der Waals surface area contributed by atoms with E-state index in [1.807, 2.05) is 45.0 Å². The summed E-state index contributed by atoms with van der Waals surface area (Å²) in [5.74, 6) is 0.639. The predicted octanol–water partition coefficient (Wildman–Crippen LogP) is 5.33. The van der Waals surface area contributed by atoms with Crippen molar-refractivity contribution in [2.75, 3.05) is 0 Å². The van der Waals surface area contributed by atoms with E-state index in [-0.39, 0.29) is 17.4 Å². The molecule has 0 radical (unpaired) electrons. The SMILES string of the molecule is CC[C@H](Oc1ccc(C)cc1)C(=O)N[C@H](C)c1ccc(C(C)(C)C)cc1. The molecule has 3 heteroatoms. The Balaban J connectivity index is 2.00. The lowest BCUT2D eigenvalue weighted by Crippen LogP contribution is -2.39. The summed E-state index contributed by atoms with van der Waals surface area (Å²) in [5.41, 5.74) is 3.67. The Morgan fingerprint density at radius 3 is 2.12 bits per heavy atom. The Hall–Kier alpha value is -2.29. The Kier molecular flexibility index (Phi) is 6.47. The van der Waals surface area contributed by atoms with Gasteiger partial charge in [-0.1, -0.05) is 69.7 Å². The normalized spacial score (nSPS) is 13.8. The zero-order valence-electron chi connectivity index (χ0n) is 16.8. The molecule has 1 N–H and O–H groups in total. The van der Waals surface area contributed by atoms with Crippen LogP contribution < -0.4 is 10.1 Å². The summed E-state index contributed by atoms with van der Waals surface area (Å²) in [6, 6.07) is 16.2. The average Bonchev–Trinajstić information content (AvgIpc) is 2.60. The molecule has 2 rings (SSSR count). The molecule has 0 bridgehead atoms. The van der Waals surface area contributed by atoms with Crippen molar-refractivity contribution in [1.29, 1.82) is 0 Å². The van der Waals surface area contributed by atoms with E-state index >= 15 is 0 Å². The average molecular weight is 354 g/mol. The van der Waals surface area contributed by atoms with Crippen LogP contribution in [-0.2, 0) is 10.2 Å². The predicted molar refractivity (Wildman–Crippen MR) is 108 cm³/mol. The molecule has 0 unspecified atom stereocenters. The summed E-state index contributed by atoms with van der Waals surface area (Å²) in [6.45, 7) is 12.6. The third-order valence-corrected chi connectivity index (χ3v) is 4.60. The first kappa shape index (κ1) is 20.0. The smallest absolute Gasteiger partial charge is 0.261 e. The maximum absolute atomic E-state index is 12.6. The minimum absolute atomic E-state index is 0.0628. The summed E-state index contributed by atoms with van der Waals surface area (Å²) >= 11 is 0. The fourth-order valence-corrected chi connectivity index (χ4v) is 2.76. The molecule has 140 valence electrons. The van der Waals surface area contributed by atoms with Gasteiger partial charge in [0.15, 0.2) is 6.10 Å². The van der Waals surface area contributed by atoms with Crippen LogP contribution in [0.25, 0.3) is 0 Å². The van der Waals surface area contributed by atoms with Gasteiger partial charge >= 0.3 is 0 Å². The molecule has 0 fully saturated rings. The third-order valence-electron chi connectivity index (χ3n) is 4.60. The Morgan fingerprint density at radius 1 is 1.04 bits per heavy atom. The number of nitrogens with one attached hydrogen (secondary N) is 1. The van der Waals surface area contributed by atoms with Gasteiger partial charge in [0.25, 0.3) is 5.91 Å². The van der Waals surface area contributed by atoms with Crippen LogP contribution in [0.15, 0.2) is 48.5 Å². The van der Waals surface area contributed by atoms with Gasteiger partial charge in [-0.25, -0.2) is 0 Å². The Bertz CT molecular complexity index is 711. The van der Waals surface area contributed by atoms with E-state index in [9.17, 15) is 4.79 Å². The summed E-state index contributed by atoms with van der Waals surface area (Å²) in [5, 5.41) is 3.07. The number of amides is 1. The van der Waals surface area contributed by atoms with Crippen molar-refractivity contribution >= 4 is 5.91 Å². The Morgan fingerprint density at radius 2 is 1.62 bits per heavy atom. The molecule has 0 aliphatic rings. The zero-order valence-corrected chi connectivity index (χ0v) is 16.8.